The summed E-state index contributed by atoms with van der Waals surface area (Å²) < 4.78 is 6.28. The van der Waals surface area contributed by atoms with Crippen LogP contribution in [0.3, 0.4) is 0 Å². The van der Waals surface area contributed by atoms with Crippen LogP contribution in [0.4, 0.5) is 0 Å². The molecule has 2 rings (SSSR count). The summed E-state index contributed by atoms with van der Waals surface area (Å²) in [5.74, 6) is 1.02. The van der Waals surface area contributed by atoms with E-state index in [1.165, 1.54) is 5.57 Å². The maximum Gasteiger partial charge on any atom is 0.0843 e. The van der Waals surface area contributed by atoms with Crippen molar-refractivity contribution in [2.24, 2.45) is 11.8 Å². The van der Waals surface area contributed by atoms with Gasteiger partial charge in [0.25, 0.3) is 0 Å². The highest BCUT2D eigenvalue weighted by atomic mass is 16.5. The number of fused-ring (bicyclic) bond motifs is 2. The minimum Gasteiger partial charge on any atom is -0.386 e. The lowest BCUT2D eigenvalue weighted by Crippen LogP contribution is -2.24. The standard InChI is InChI=1S/C20H32O2/c1-15(2)17-8-7-16(3)18-10-14-20(5,22-18)12-6-11-19(4,21)13-9-17/h6-7,9,12-13,15,17-18,21H,8,10-11,14H2,1-5H3/b12-6+,13-9+,16-7-/t17-,18-,19-,20-/m0/s1. The molecule has 2 nitrogen and oxygen atoms in total. The maximum atomic E-state index is 10.5. The lowest BCUT2D eigenvalue weighted by molar-refractivity contribution is 0.0213. The molecule has 0 unspecified atom stereocenters. The predicted octanol–water partition coefficient (Wildman–Crippen LogP) is 4.80. The van der Waals surface area contributed by atoms with E-state index < -0.39 is 5.60 Å². The van der Waals surface area contributed by atoms with Gasteiger partial charge in [0, 0.05) is 0 Å². The molecule has 124 valence electrons. The molecular weight excluding hydrogens is 272 g/mol. The molecule has 2 aliphatic heterocycles. The van der Waals surface area contributed by atoms with Crippen molar-refractivity contribution in [2.45, 2.75) is 77.6 Å². The van der Waals surface area contributed by atoms with Crippen LogP contribution in [0.15, 0.2) is 36.0 Å². The first-order valence-electron chi connectivity index (χ1n) is 8.65. The monoisotopic (exact) mass is 304 g/mol. The molecular formula is C20H32O2. The summed E-state index contributed by atoms with van der Waals surface area (Å²) in [6.07, 6.45) is 14.7. The fraction of sp³-hybridized carbons (Fsp3) is 0.700. The van der Waals surface area contributed by atoms with Crippen LogP contribution in [0, 0.1) is 11.8 Å². The van der Waals surface area contributed by atoms with Gasteiger partial charge in [0.15, 0.2) is 0 Å². The summed E-state index contributed by atoms with van der Waals surface area (Å²) in [4.78, 5) is 0. The van der Waals surface area contributed by atoms with Crippen LogP contribution in [0.2, 0.25) is 0 Å². The van der Waals surface area contributed by atoms with Gasteiger partial charge in [-0.2, -0.15) is 0 Å². The van der Waals surface area contributed by atoms with Crippen molar-refractivity contribution in [3.05, 3.63) is 36.0 Å². The molecule has 0 aromatic rings. The quantitative estimate of drug-likeness (QED) is 0.705. The van der Waals surface area contributed by atoms with E-state index in [9.17, 15) is 5.11 Å². The highest BCUT2D eigenvalue weighted by Crippen LogP contribution is 2.35. The molecule has 0 amide bonds. The van der Waals surface area contributed by atoms with E-state index in [4.69, 9.17) is 4.74 Å². The predicted molar refractivity (Wildman–Crippen MR) is 92.7 cm³/mol. The summed E-state index contributed by atoms with van der Waals surface area (Å²) in [6, 6.07) is 0. The first-order valence-corrected chi connectivity index (χ1v) is 8.65. The Morgan fingerprint density at radius 3 is 2.68 bits per heavy atom. The Morgan fingerprint density at radius 1 is 1.27 bits per heavy atom. The summed E-state index contributed by atoms with van der Waals surface area (Å²) in [5, 5.41) is 10.5. The van der Waals surface area contributed by atoms with Crippen LogP contribution < -0.4 is 0 Å². The molecule has 22 heavy (non-hydrogen) atoms. The van der Waals surface area contributed by atoms with Crippen LogP contribution in [0.5, 0.6) is 0 Å². The topological polar surface area (TPSA) is 29.5 Å². The van der Waals surface area contributed by atoms with Crippen LogP contribution in [-0.2, 0) is 4.74 Å². The second-order valence-electron chi connectivity index (χ2n) is 7.87. The second-order valence-corrected chi connectivity index (χ2v) is 7.87. The number of aliphatic hydroxyl groups is 1. The lowest BCUT2D eigenvalue weighted by Gasteiger charge is -2.22. The Kier molecular flexibility index (Phi) is 5.34. The zero-order valence-corrected chi connectivity index (χ0v) is 14.8. The van der Waals surface area contributed by atoms with Crippen molar-refractivity contribution < 1.29 is 9.84 Å². The first-order chi connectivity index (χ1) is 10.2. The largest absolute Gasteiger partial charge is 0.386 e. The van der Waals surface area contributed by atoms with Gasteiger partial charge < -0.3 is 9.84 Å². The zero-order chi connectivity index (χ0) is 16.4. The Morgan fingerprint density at radius 2 is 2.00 bits per heavy atom. The van der Waals surface area contributed by atoms with E-state index in [1.807, 2.05) is 13.0 Å². The van der Waals surface area contributed by atoms with Gasteiger partial charge in [0.05, 0.1) is 17.3 Å². The highest BCUT2D eigenvalue weighted by Gasteiger charge is 2.34. The molecule has 4 atom stereocenters. The SMILES string of the molecule is C/C1=C/C[C@H](C(C)C)/C=C/[C@@](C)(O)C/C=C/[C@@]2(C)CC[C@@H]1O2. The molecule has 0 saturated carbocycles. The van der Waals surface area contributed by atoms with E-state index in [-0.39, 0.29) is 11.7 Å². The normalized spacial score (nSPS) is 45.3. The van der Waals surface area contributed by atoms with Crippen molar-refractivity contribution in [3.8, 4) is 0 Å². The molecule has 2 heterocycles. The van der Waals surface area contributed by atoms with Gasteiger partial charge in [-0.1, -0.05) is 44.2 Å². The average Bonchev–Trinajstić information content (AvgIpc) is 2.79. The second kappa shape index (κ2) is 6.72. The van der Waals surface area contributed by atoms with Crippen LogP contribution in [-0.4, -0.2) is 22.4 Å². The average molecular weight is 304 g/mol. The number of hydrogen-bond acceptors (Lipinski definition) is 2. The molecule has 1 fully saturated rings. The van der Waals surface area contributed by atoms with Crippen LogP contribution >= 0.6 is 0 Å². The molecule has 2 heteroatoms. The van der Waals surface area contributed by atoms with E-state index in [0.717, 1.165) is 19.3 Å². The van der Waals surface area contributed by atoms with E-state index >= 15 is 0 Å². The molecule has 2 aliphatic rings. The third-order valence-electron chi connectivity index (χ3n) is 5.09. The summed E-state index contributed by atoms with van der Waals surface area (Å²) in [7, 11) is 0. The molecule has 0 aliphatic carbocycles. The highest BCUT2D eigenvalue weighted by molar-refractivity contribution is 5.16. The summed E-state index contributed by atoms with van der Waals surface area (Å²) >= 11 is 0. The van der Waals surface area contributed by atoms with E-state index in [0.29, 0.717) is 18.3 Å². The summed E-state index contributed by atoms with van der Waals surface area (Å²) in [5.41, 5.74) is 0.373. The lowest BCUT2D eigenvalue weighted by atomic mass is 9.88. The van der Waals surface area contributed by atoms with Crippen molar-refractivity contribution >= 4 is 0 Å². The maximum absolute atomic E-state index is 10.5. The van der Waals surface area contributed by atoms with Crippen molar-refractivity contribution in [1.29, 1.82) is 0 Å². The van der Waals surface area contributed by atoms with Gasteiger partial charge >= 0.3 is 0 Å². The van der Waals surface area contributed by atoms with Gasteiger partial charge in [-0.3, -0.25) is 0 Å². The van der Waals surface area contributed by atoms with Crippen molar-refractivity contribution in [1.82, 2.24) is 0 Å². The molecule has 1 N–H and O–H groups in total. The van der Waals surface area contributed by atoms with Crippen LogP contribution in [0.1, 0.15) is 60.3 Å². The van der Waals surface area contributed by atoms with Gasteiger partial charge in [0.1, 0.15) is 0 Å². The number of rotatable bonds is 1. The first kappa shape index (κ1) is 17.5. The summed E-state index contributed by atoms with van der Waals surface area (Å²) in [6.45, 7) is 10.7. The molecule has 0 aromatic heterocycles. The Bertz CT molecular complexity index is 470. The minimum atomic E-state index is -0.787. The Balaban J connectivity index is 2.28. The fourth-order valence-electron chi connectivity index (χ4n) is 3.28. The van der Waals surface area contributed by atoms with Crippen molar-refractivity contribution in [2.75, 3.05) is 0 Å². The van der Waals surface area contributed by atoms with Gasteiger partial charge in [0.2, 0.25) is 0 Å². The minimum absolute atomic E-state index is 0.189. The zero-order valence-electron chi connectivity index (χ0n) is 14.8. The van der Waals surface area contributed by atoms with Gasteiger partial charge in [-0.25, -0.2) is 0 Å². The van der Waals surface area contributed by atoms with Gasteiger partial charge in [-0.05, 0) is 63.9 Å². The number of hydrogen-bond donors (Lipinski definition) is 1. The molecule has 2 bridgehead atoms. The van der Waals surface area contributed by atoms with Gasteiger partial charge in [-0.15, -0.1) is 0 Å². The smallest absolute Gasteiger partial charge is 0.0843 e. The number of allylic oxidation sites excluding steroid dienone is 2. The van der Waals surface area contributed by atoms with E-state index in [2.05, 4.69) is 52.0 Å². The Labute approximate surface area is 136 Å². The third-order valence-corrected chi connectivity index (χ3v) is 5.09. The molecule has 0 aromatic carbocycles. The van der Waals surface area contributed by atoms with Crippen LogP contribution in [0.25, 0.3) is 0 Å². The fourth-order valence-corrected chi connectivity index (χ4v) is 3.28. The Hall–Kier alpha value is -0.860. The molecule has 1 saturated heterocycles. The molecule has 0 radical (unpaired) electrons. The van der Waals surface area contributed by atoms with E-state index in [1.54, 1.807) is 0 Å². The third kappa shape index (κ3) is 4.57. The van der Waals surface area contributed by atoms with Crippen molar-refractivity contribution in [3.63, 3.8) is 0 Å². The number of ether oxygens (including phenoxy) is 1. The molecule has 0 spiro atoms.